The summed E-state index contributed by atoms with van der Waals surface area (Å²) in [5.74, 6) is -0.515. The van der Waals surface area contributed by atoms with Crippen LogP contribution in [0.5, 0.6) is 0 Å². The SMILES string of the molecule is C=C(C)[C@@H](c1ccccc1)N(Cc1ccccc1)C(=O)c1cc(C(F)(F)F)ccc1Br. The summed E-state index contributed by atoms with van der Waals surface area (Å²) in [4.78, 5) is 15.2. The van der Waals surface area contributed by atoms with Crippen molar-refractivity contribution in [3.8, 4) is 0 Å². The molecule has 31 heavy (non-hydrogen) atoms. The van der Waals surface area contributed by atoms with Gasteiger partial charge in [-0.25, -0.2) is 0 Å². The average Bonchev–Trinajstić information content (AvgIpc) is 2.73. The van der Waals surface area contributed by atoms with Gasteiger partial charge in [0.1, 0.15) is 0 Å². The number of halogens is 4. The molecule has 0 saturated carbocycles. The van der Waals surface area contributed by atoms with Gasteiger partial charge in [0.15, 0.2) is 0 Å². The zero-order valence-corrected chi connectivity index (χ0v) is 18.5. The molecule has 0 aliphatic carbocycles. The molecular weight excluding hydrogens is 467 g/mol. The number of alkyl halides is 3. The second-order valence-electron chi connectivity index (χ2n) is 7.27. The maximum absolute atomic E-state index is 13.7. The Morgan fingerprint density at radius 2 is 1.58 bits per heavy atom. The van der Waals surface area contributed by atoms with Gasteiger partial charge in [-0.05, 0) is 52.2 Å². The highest BCUT2D eigenvalue weighted by Gasteiger charge is 2.33. The van der Waals surface area contributed by atoms with Crippen molar-refractivity contribution in [2.24, 2.45) is 0 Å². The molecule has 3 aromatic rings. The molecule has 3 aromatic carbocycles. The number of hydrogen-bond donors (Lipinski definition) is 0. The molecule has 0 aliphatic heterocycles. The molecule has 0 bridgehead atoms. The Hall–Kier alpha value is -2.86. The molecule has 3 rings (SSSR count). The predicted molar refractivity (Wildman–Crippen MR) is 119 cm³/mol. The Kier molecular flexibility index (Phi) is 7.01. The van der Waals surface area contributed by atoms with Crippen LogP contribution in [0.25, 0.3) is 0 Å². The molecular formula is C25H21BrF3NO. The average molecular weight is 488 g/mol. The third-order valence-electron chi connectivity index (χ3n) is 4.87. The fourth-order valence-electron chi connectivity index (χ4n) is 3.45. The Morgan fingerprint density at radius 1 is 1.00 bits per heavy atom. The van der Waals surface area contributed by atoms with Crippen molar-refractivity contribution in [3.05, 3.63) is 118 Å². The smallest absolute Gasteiger partial charge is 0.323 e. The number of carbonyl (C=O) groups is 1. The van der Waals surface area contributed by atoms with Crippen molar-refractivity contribution in [3.63, 3.8) is 0 Å². The van der Waals surface area contributed by atoms with E-state index in [4.69, 9.17) is 0 Å². The van der Waals surface area contributed by atoms with Gasteiger partial charge in [-0.3, -0.25) is 4.79 Å². The lowest BCUT2D eigenvalue weighted by Crippen LogP contribution is -2.35. The van der Waals surface area contributed by atoms with Crippen molar-refractivity contribution >= 4 is 21.8 Å². The molecule has 0 saturated heterocycles. The van der Waals surface area contributed by atoms with Crippen molar-refractivity contribution in [1.29, 1.82) is 0 Å². The number of carbonyl (C=O) groups excluding carboxylic acids is 1. The van der Waals surface area contributed by atoms with E-state index < -0.39 is 23.7 Å². The number of rotatable bonds is 6. The van der Waals surface area contributed by atoms with E-state index in [1.165, 1.54) is 6.07 Å². The van der Waals surface area contributed by atoms with Gasteiger partial charge >= 0.3 is 6.18 Å². The number of amides is 1. The first-order chi connectivity index (χ1) is 14.7. The summed E-state index contributed by atoms with van der Waals surface area (Å²) >= 11 is 3.26. The molecule has 0 N–H and O–H groups in total. The molecule has 1 atom stereocenters. The summed E-state index contributed by atoms with van der Waals surface area (Å²) in [5.41, 5.74) is 1.49. The van der Waals surface area contributed by atoms with E-state index in [2.05, 4.69) is 22.5 Å². The molecule has 0 spiro atoms. The highest BCUT2D eigenvalue weighted by Crippen LogP contribution is 2.35. The van der Waals surface area contributed by atoms with E-state index in [1.807, 2.05) is 67.6 Å². The predicted octanol–water partition coefficient (Wildman–Crippen LogP) is 7.43. The standard InChI is InChI=1S/C25H21BrF3NO/c1-17(2)23(19-11-7-4-8-12-19)30(16-18-9-5-3-6-10-18)24(31)21-15-20(25(27,28)29)13-14-22(21)26/h3-15,23H,1,16H2,2H3/t23-/m0/s1. The van der Waals surface area contributed by atoms with Gasteiger partial charge in [-0.1, -0.05) is 72.8 Å². The molecule has 0 heterocycles. The molecule has 6 heteroatoms. The maximum Gasteiger partial charge on any atom is 0.416 e. The van der Waals surface area contributed by atoms with E-state index in [-0.39, 0.29) is 12.1 Å². The lowest BCUT2D eigenvalue weighted by molar-refractivity contribution is -0.137. The van der Waals surface area contributed by atoms with Crippen molar-refractivity contribution in [2.75, 3.05) is 0 Å². The first-order valence-electron chi connectivity index (χ1n) is 9.60. The molecule has 160 valence electrons. The van der Waals surface area contributed by atoms with Gasteiger partial charge in [0.2, 0.25) is 0 Å². The summed E-state index contributed by atoms with van der Waals surface area (Å²) in [7, 11) is 0. The van der Waals surface area contributed by atoms with E-state index in [0.29, 0.717) is 10.0 Å². The minimum atomic E-state index is -4.55. The normalized spacial score (nSPS) is 12.3. The largest absolute Gasteiger partial charge is 0.416 e. The van der Waals surface area contributed by atoms with E-state index in [0.717, 1.165) is 23.3 Å². The first kappa shape index (κ1) is 22.8. The number of nitrogens with zero attached hydrogens (tertiary/aromatic N) is 1. The van der Waals surface area contributed by atoms with Crippen LogP contribution in [-0.4, -0.2) is 10.8 Å². The quantitative estimate of drug-likeness (QED) is 0.331. The Labute approximate surface area is 188 Å². The van der Waals surface area contributed by atoms with Gasteiger partial charge in [0, 0.05) is 11.0 Å². The summed E-state index contributed by atoms with van der Waals surface area (Å²) in [6.07, 6.45) is -4.55. The van der Waals surface area contributed by atoms with Gasteiger partial charge in [-0.2, -0.15) is 13.2 Å². The van der Waals surface area contributed by atoms with Gasteiger partial charge in [0.05, 0.1) is 17.2 Å². The first-order valence-corrected chi connectivity index (χ1v) is 10.4. The molecule has 1 amide bonds. The highest BCUT2D eigenvalue weighted by molar-refractivity contribution is 9.10. The molecule has 2 nitrogen and oxygen atoms in total. The van der Waals surface area contributed by atoms with Crippen LogP contribution in [0.4, 0.5) is 13.2 Å². The highest BCUT2D eigenvalue weighted by atomic mass is 79.9. The van der Waals surface area contributed by atoms with E-state index >= 15 is 0 Å². The second-order valence-corrected chi connectivity index (χ2v) is 8.12. The summed E-state index contributed by atoms with van der Waals surface area (Å²) in [5, 5.41) is 0. The second kappa shape index (κ2) is 9.52. The van der Waals surface area contributed by atoms with Crippen LogP contribution in [0.2, 0.25) is 0 Å². The monoisotopic (exact) mass is 487 g/mol. The van der Waals surface area contributed by atoms with Gasteiger partial charge < -0.3 is 4.90 Å². The molecule has 0 radical (unpaired) electrons. The van der Waals surface area contributed by atoms with Crippen LogP contribution >= 0.6 is 15.9 Å². The van der Waals surface area contributed by atoms with Crippen molar-refractivity contribution in [2.45, 2.75) is 25.7 Å². The third-order valence-corrected chi connectivity index (χ3v) is 5.57. The zero-order valence-electron chi connectivity index (χ0n) is 16.9. The molecule has 0 aromatic heterocycles. The zero-order chi connectivity index (χ0) is 22.6. The minimum Gasteiger partial charge on any atom is -0.323 e. The van der Waals surface area contributed by atoms with Crippen LogP contribution in [0, 0.1) is 0 Å². The Balaban J connectivity index is 2.12. The third kappa shape index (κ3) is 5.44. The lowest BCUT2D eigenvalue weighted by Gasteiger charge is -2.33. The van der Waals surface area contributed by atoms with Gasteiger partial charge in [0.25, 0.3) is 5.91 Å². The summed E-state index contributed by atoms with van der Waals surface area (Å²) in [6, 6.07) is 21.3. The minimum absolute atomic E-state index is 0.0482. The summed E-state index contributed by atoms with van der Waals surface area (Å²) < 4.78 is 40.2. The fourth-order valence-corrected chi connectivity index (χ4v) is 3.86. The van der Waals surface area contributed by atoms with Gasteiger partial charge in [-0.15, -0.1) is 0 Å². The van der Waals surface area contributed by atoms with Crippen molar-refractivity contribution in [1.82, 2.24) is 4.90 Å². The maximum atomic E-state index is 13.7. The summed E-state index contributed by atoms with van der Waals surface area (Å²) in [6.45, 7) is 6.09. The molecule has 0 fully saturated rings. The van der Waals surface area contributed by atoms with Crippen LogP contribution < -0.4 is 0 Å². The van der Waals surface area contributed by atoms with Crippen molar-refractivity contribution < 1.29 is 18.0 Å². The Bertz CT molecular complexity index is 1070. The van der Waals surface area contributed by atoms with Crippen LogP contribution in [0.1, 0.15) is 40.0 Å². The molecule has 0 unspecified atom stereocenters. The lowest BCUT2D eigenvalue weighted by atomic mass is 9.97. The van der Waals surface area contributed by atoms with Crippen LogP contribution in [0.3, 0.4) is 0 Å². The van der Waals surface area contributed by atoms with E-state index in [1.54, 1.807) is 4.90 Å². The Morgan fingerprint density at radius 3 is 2.13 bits per heavy atom. The van der Waals surface area contributed by atoms with E-state index in [9.17, 15) is 18.0 Å². The fraction of sp³-hybridized carbons (Fsp3) is 0.160. The van der Waals surface area contributed by atoms with Crippen LogP contribution in [0.15, 0.2) is 95.5 Å². The van der Waals surface area contributed by atoms with Crippen LogP contribution in [-0.2, 0) is 12.7 Å². The number of benzene rings is 3. The topological polar surface area (TPSA) is 20.3 Å². The number of hydrogen-bond acceptors (Lipinski definition) is 1. The molecule has 0 aliphatic rings.